The number of halogens is 4. The van der Waals surface area contributed by atoms with E-state index in [1.54, 1.807) is 4.72 Å². The SMILES string of the molecule is COc1c(Br)cc(Cl)cc1S(=O)(=O)NCC(F)(F)CO. The van der Waals surface area contributed by atoms with Gasteiger partial charge in [-0.15, -0.1) is 0 Å². The molecule has 0 radical (unpaired) electrons. The predicted octanol–water partition coefficient (Wildman–Crippen LogP) is 2.02. The van der Waals surface area contributed by atoms with E-state index in [1.165, 1.54) is 13.2 Å². The van der Waals surface area contributed by atoms with Gasteiger partial charge in [0.15, 0.2) is 5.75 Å². The summed E-state index contributed by atoms with van der Waals surface area (Å²) in [7, 11) is -3.04. The average Bonchev–Trinajstić information content (AvgIpc) is 2.36. The fraction of sp³-hybridized carbons (Fsp3) is 0.400. The van der Waals surface area contributed by atoms with Crippen molar-refractivity contribution in [1.82, 2.24) is 4.72 Å². The molecular formula is C10H11BrClF2NO4S. The van der Waals surface area contributed by atoms with E-state index in [1.807, 2.05) is 0 Å². The fourth-order valence-corrected chi connectivity index (χ4v) is 3.71. The molecule has 0 heterocycles. The maximum absolute atomic E-state index is 12.9. The van der Waals surface area contributed by atoms with Gasteiger partial charge in [-0.1, -0.05) is 11.6 Å². The zero-order valence-electron chi connectivity index (χ0n) is 10.2. The Morgan fingerprint density at radius 1 is 1.50 bits per heavy atom. The van der Waals surface area contributed by atoms with E-state index < -0.39 is 29.1 Å². The quantitative estimate of drug-likeness (QED) is 0.774. The van der Waals surface area contributed by atoms with Crippen LogP contribution in [0, 0.1) is 0 Å². The Kier molecular flexibility index (Phi) is 5.73. The van der Waals surface area contributed by atoms with Crippen molar-refractivity contribution in [2.24, 2.45) is 0 Å². The minimum absolute atomic E-state index is 0.0609. The molecule has 5 nitrogen and oxygen atoms in total. The summed E-state index contributed by atoms with van der Waals surface area (Å²) in [5.41, 5.74) is 0. The first-order chi connectivity index (χ1) is 9.13. The first-order valence-corrected chi connectivity index (χ1v) is 7.80. The summed E-state index contributed by atoms with van der Waals surface area (Å²) in [6.45, 7) is -2.70. The molecule has 0 saturated carbocycles. The normalized spacial score (nSPS) is 12.5. The second-order valence-electron chi connectivity index (χ2n) is 3.76. The molecular weight excluding hydrogens is 384 g/mol. The van der Waals surface area contributed by atoms with Crippen LogP contribution in [0.5, 0.6) is 5.75 Å². The van der Waals surface area contributed by atoms with Gasteiger partial charge in [0.1, 0.15) is 11.5 Å². The molecule has 0 spiro atoms. The lowest BCUT2D eigenvalue weighted by molar-refractivity contribution is -0.0437. The summed E-state index contributed by atoms with van der Waals surface area (Å²) in [4.78, 5) is -0.381. The lowest BCUT2D eigenvalue weighted by Crippen LogP contribution is -2.39. The first kappa shape index (κ1) is 17.6. The maximum Gasteiger partial charge on any atom is 0.283 e. The molecule has 0 amide bonds. The standard InChI is InChI=1S/C10H11BrClF2NO4S/c1-19-9-7(11)2-6(12)3-8(9)20(17,18)15-4-10(13,14)5-16/h2-3,15-16H,4-5H2,1H3. The minimum atomic E-state index is -4.27. The zero-order chi connectivity index (χ0) is 15.6. The van der Waals surface area contributed by atoms with Crippen LogP contribution in [0.25, 0.3) is 0 Å². The number of aliphatic hydroxyl groups excluding tert-OH is 1. The molecule has 0 atom stereocenters. The topological polar surface area (TPSA) is 75.6 Å². The van der Waals surface area contributed by atoms with E-state index in [0.717, 1.165) is 6.07 Å². The fourth-order valence-electron chi connectivity index (χ4n) is 1.27. The van der Waals surface area contributed by atoms with Crippen LogP contribution in [0.2, 0.25) is 5.02 Å². The van der Waals surface area contributed by atoms with Gasteiger partial charge < -0.3 is 9.84 Å². The van der Waals surface area contributed by atoms with Crippen molar-refractivity contribution >= 4 is 37.6 Å². The number of hydrogen-bond acceptors (Lipinski definition) is 4. The van der Waals surface area contributed by atoms with Gasteiger partial charge >= 0.3 is 0 Å². The summed E-state index contributed by atoms with van der Waals surface area (Å²) < 4.78 is 56.7. The third-order valence-electron chi connectivity index (χ3n) is 2.22. The largest absolute Gasteiger partial charge is 0.494 e. The third kappa shape index (κ3) is 4.26. The van der Waals surface area contributed by atoms with Crippen molar-refractivity contribution in [2.75, 3.05) is 20.3 Å². The Morgan fingerprint density at radius 2 is 2.10 bits per heavy atom. The number of sulfonamides is 1. The molecule has 1 aromatic carbocycles. The van der Waals surface area contributed by atoms with Gasteiger partial charge in [0, 0.05) is 5.02 Å². The van der Waals surface area contributed by atoms with Crippen LogP contribution in [0.3, 0.4) is 0 Å². The maximum atomic E-state index is 12.9. The second kappa shape index (κ2) is 6.52. The molecule has 114 valence electrons. The Labute approximate surface area is 128 Å². The van der Waals surface area contributed by atoms with Crippen molar-refractivity contribution in [2.45, 2.75) is 10.8 Å². The van der Waals surface area contributed by atoms with E-state index in [0.29, 0.717) is 0 Å². The van der Waals surface area contributed by atoms with E-state index in [-0.39, 0.29) is 20.1 Å². The Morgan fingerprint density at radius 3 is 2.60 bits per heavy atom. The van der Waals surface area contributed by atoms with Crippen LogP contribution in [0.4, 0.5) is 8.78 Å². The van der Waals surface area contributed by atoms with Crippen LogP contribution >= 0.6 is 27.5 Å². The van der Waals surface area contributed by atoms with Crippen LogP contribution in [-0.4, -0.2) is 39.7 Å². The summed E-state index contributed by atoms with van der Waals surface area (Å²) in [5.74, 6) is -3.62. The van der Waals surface area contributed by atoms with Gasteiger partial charge in [-0.3, -0.25) is 0 Å². The molecule has 0 aliphatic heterocycles. The molecule has 0 unspecified atom stereocenters. The van der Waals surface area contributed by atoms with Crippen molar-refractivity contribution in [3.05, 3.63) is 21.6 Å². The molecule has 0 saturated heterocycles. The van der Waals surface area contributed by atoms with Gasteiger partial charge in [0.05, 0.1) is 18.1 Å². The van der Waals surface area contributed by atoms with Crippen molar-refractivity contribution in [3.8, 4) is 5.75 Å². The molecule has 0 aliphatic carbocycles. The highest BCUT2D eigenvalue weighted by molar-refractivity contribution is 9.10. The molecule has 2 N–H and O–H groups in total. The smallest absolute Gasteiger partial charge is 0.283 e. The van der Waals surface area contributed by atoms with Crippen LogP contribution < -0.4 is 9.46 Å². The van der Waals surface area contributed by atoms with Crippen LogP contribution in [-0.2, 0) is 10.0 Å². The van der Waals surface area contributed by atoms with Gasteiger partial charge in [0.2, 0.25) is 10.0 Å². The molecule has 0 bridgehead atoms. The van der Waals surface area contributed by atoms with E-state index >= 15 is 0 Å². The van der Waals surface area contributed by atoms with Crippen LogP contribution in [0.1, 0.15) is 0 Å². The van der Waals surface area contributed by atoms with Gasteiger partial charge in [-0.05, 0) is 28.1 Å². The molecule has 0 aliphatic rings. The molecule has 10 heteroatoms. The van der Waals surface area contributed by atoms with Crippen molar-refractivity contribution in [1.29, 1.82) is 0 Å². The van der Waals surface area contributed by atoms with E-state index in [4.69, 9.17) is 21.4 Å². The zero-order valence-corrected chi connectivity index (χ0v) is 13.3. The molecule has 1 aromatic rings. The summed E-state index contributed by atoms with van der Waals surface area (Å²) >= 11 is 8.80. The molecule has 1 rings (SSSR count). The molecule has 0 fully saturated rings. The second-order valence-corrected chi connectivity index (χ2v) is 6.78. The number of aliphatic hydroxyl groups is 1. The number of alkyl halides is 2. The van der Waals surface area contributed by atoms with E-state index in [9.17, 15) is 17.2 Å². The highest BCUT2D eigenvalue weighted by Gasteiger charge is 2.31. The monoisotopic (exact) mass is 393 g/mol. The number of rotatable bonds is 6. The van der Waals surface area contributed by atoms with Crippen LogP contribution in [0.15, 0.2) is 21.5 Å². The minimum Gasteiger partial charge on any atom is -0.494 e. The summed E-state index contributed by atoms with van der Waals surface area (Å²) in [5, 5.41) is 8.50. The lowest BCUT2D eigenvalue weighted by Gasteiger charge is -2.16. The number of methoxy groups -OCH3 is 1. The Balaban J connectivity index is 3.16. The number of benzene rings is 1. The average molecular weight is 395 g/mol. The van der Waals surface area contributed by atoms with E-state index in [2.05, 4.69) is 15.9 Å². The lowest BCUT2D eigenvalue weighted by atomic mass is 10.3. The summed E-state index contributed by atoms with van der Waals surface area (Å²) in [6, 6.07) is 2.48. The summed E-state index contributed by atoms with van der Waals surface area (Å²) in [6.07, 6.45) is 0. The van der Waals surface area contributed by atoms with Gasteiger partial charge in [-0.25, -0.2) is 21.9 Å². The molecule has 0 aromatic heterocycles. The molecule has 20 heavy (non-hydrogen) atoms. The van der Waals surface area contributed by atoms with Gasteiger partial charge in [0.25, 0.3) is 5.92 Å². The van der Waals surface area contributed by atoms with Crippen molar-refractivity contribution in [3.63, 3.8) is 0 Å². The number of nitrogens with one attached hydrogen (secondary N) is 1. The predicted molar refractivity (Wildman–Crippen MR) is 72.9 cm³/mol. The number of ether oxygens (including phenoxy) is 1. The Hall–Kier alpha value is -0.480. The highest BCUT2D eigenvalue weighted by Crippen LogP contribution is 2.35. The number of hydrogen-bond donors (Lipinski definition) is 2. The Bertz CT molecular complexity index is 597. The van der Waals surface area contributed by atoms with Crippen molar-refractivity contribution < 1.29 is 27.0 Å². The highest BCUT2D eigenvalue weighted by atomic mass is 79.9. The first-order valence-electron chi connectivity index (χ1n) is 5.14. The van der Waals surface area contributed by atoms with Gasteiger partial charge in [-0.2, -0.15) is 0 Å². The third-order valence-corrected chi connectivity index (χ3v) is 4.43.